The molecule has 1 aromatic rings. The Morgan fingerprint density at radius 2 is 2.28 bits per heavy atom. The van der Waals surface area contributed by atoms with E-state index in [4.69, 9.17) is 10.00 Å². The van der Waals surface area contributed by atoms with E-state index in [1.807, 2.05) is 12.1 Å². The van der Waals surface area contributed by atoms with Crippen LogP contribution in [0.15, 0.2) is 18.2 Å². The van der Waals surface area contributed by atoms with E-state index in [2.05, 4.69) is 4.90 Å². The highest BCUT2D eigenvalue weighted by Crippen LogP contribution is 2.34. The highest BCUT2D eigenvalue weighted by Gasteiger charge is 2.37. The molecule has 1 aliphatic carbocycles. The largest absolute Gasteiger partial charge is 0.374 e. The molecule has 4 heteroatoms. The molecule has 3 rings (SSSR count). The molecular weight excluding hydrogens is 231 g/mol. The van der Waals surface area contributed by atoms with E-state index in [0.717, 1.165) is 31.5 Å². The lowest BCUT2D eigenvalue weighted by molar-refractivity contribution is 0.0256. The third-order valence-corrected chi connectivity index (χ3v) is 3.89. The van der Waals surface area contributed by atoms with Crippen molar-refractivity contribution in [1.82, 2.24) is 0 Å². The normalized spacial score (nSPS) is 26.8. The van der Waals surface area contributed by atoms with Gasteiger partial charge in [-0.15, -0.1) is 0 Å². The second-order valence-electron chi connectivity index (χ2n) is 4.85. The van der Waals surface area contributed by atoms with E-state index in [9.17, 15) is 4.39 Å². The molecule has 1 heterocycles. The van der Waals surface area contributed by atoms with Crippen molar-refractivity contribution in [2.24, 2.45) is 0 Å². The fourth-order valence-corrected chi connectivity index (χ4v) is 3.09. The van der Waals surface area contributed by atoms with Crippen LogP contribution >= 0.6 is 0 Å². The summed E-state index contributed by atoms with van der Waals surface area (Å²) in [5.74, 6) is -0.434. The lowest BCUT2D eigenvalue weighted by Gasteiger charge is -2.39. The molecule has 2 atom stereocenters. The van der Waals surface area contributed by atoms with Crippen LogP contribution in [0.3, 0.4) is 0 Å². The third-order valence-electron chi connectivity index (χ3n) is 3.89. The molecule has 94 valence electrons. The van der Waals surface area contributed by atoms with Crippen molar-refractivity contribution in [3.05, 3.63) is 29.6 Å². The molecule has 2 unspecified atom stereocenters. The first-order valence-electron chi connectivity index (χ1n) is 6.38. The smallest absolute Gasteiger partial charge is 0.143 e. The summed E-state index contributed by atoms with van der Waals surface area (Å²) >= 11 is 0. The number of hydrogen-bond acceptors (Lipinski definition) is 3. The van der Waals surface area contributed by atoms with Crippen LogP contribution in [-0.4, -0.2) is 25.3 Å². The first-order chi connectivity index (χ1) is 8.81. The molecule has 0 radical (unpaired) electrons. The first kappa shape index (κ1) is 11.5. The topological polar surface area (TPSA) is 36.3 Å². The number of morpholine rings is 1. The fourth-order valence-electron chi connectivity index (χ4n) is 3.09. The Labute approximate surface area is 106 Å². The molecule has 18 heavy (non-hydrogen) atoms. The maximum absolute atomic E-state index is 13.7. The van der Waals surface area contributed by atoms with Gasteiger partial charge in [-0.3, -0.25) is 0 Å². The number of ether oxygens (including phenoxy) is 1. The lowest BCUT2D eigenvalue weighted by atomic mass is 10.1. The van der Waals surface area contributed by atoms with Gasteiger partial charge in [0, 0.05) is 6.54 Å². The Hall–Kier alpha value is -1.60. The van der Waals surface area contributed by atoms with Crippen molar-refractivity contribution in [2.45, 2.75) is 31.4 Å². The van der Waals surface area contributed by atoms with Crippen molar-refractivity contribution in [3.8, 4) is 6.07 Å². The van der Waals surface area contributed by atoms with Gasteiger partial charge < -0.3 is 9.64 Å². The second kappa shape index (κ2) is 4.58. The Morgan fingerprint density at radius 1 is 1.39 bits per heavy atom. The molecule has 1 saturated heterocycles. The zero-order valence-electron chi connectivity index (χ0n) is 10.1. The number of fused-ring (bicyclic) bond motifs is 1. The minimum Gasteiger partial charge on any atom is -0.374 e. The summed E-state index contributed by atoms with van der Waals surface area (Å²) in [5, 5.41) is 9.12. The van der Waals surface area contributed by atoms with Crippen molar-refractivity contribution in [1.29, 1.82) is 5.26 Å². The summed E-state index contributed by atoms with van der Waals surface area (Å²) in [6.07, 6.45) is 3.52. The van der Waals surface area contributed by atoms with Crippen molar-refractivity contribution < 1.29 is 9.13 Å². The van der Waals surface area contributed by atoms with Crippen LogP contribution in [0.5, 0.6) is 0 Å². The molecule has 1 aromatic carbocycles. The monoisotopic (exact) mass is 246 g/mol. The number of nitrogens with zero attached hydrogens (tertiary/aromatic N) is 2. The van der Waals surface area contributed by atoms with E-state index in [-0.39, 0.29) is 11.7 Å². The van der Waals surface area contributed by atoms with Crippen molar-refractivity contribution >= 4 is 5.69 Å². The molecule has 0 aromatic heterocycles. The Bertz CT molecular complexity index is 497. The SMILES string of the molecule is N#Cc1c(F)cccc1N1CCOC2CCCC21. The Balaban J connectivity index is 1.99. The van der Waals surface area contributed by atoms with Gasteiger partial charge in [0.2, 0.25) is 0 Å². The van der Waals surface area contributed by atoms with Crippen LogP contribution < -0.4 is 4.90 Å². The molecular formula is C14H15FN2O. The number of benzene rings is 1. The Kier molecular flexibility index (Phi) is 2.92. The summed E-state index contributed by atoms with van der Waals surface area (Å²) in [6, 6.07) is 7.13. The van der Waals surface area contributed by atoms with Gasteiger partial charge in [-0.2, -0.15) is 5.26 Å². The number of hydrogen-bond donors (Lipinski definition) is 0. The van der Waals surface area contributed by atoms with E-state index >= 15 is 0 Å². The Morgan fingerprint density at radius 3 is 3.11 bits per heavy atom. The fraction of sp³-hybridized carbons (Fsp3) is 0.500. The van der Waals surface area contributed by atoms with Crippen molar-refractivity contribution in [2.75, 3.05) is 18.1 Å². The van der Waals surface area contributed by atoms with Gasteiger partial charge in [-0.05, 0) is 31.4 Å². The summed E-state index contributed by atoms with van der Waals surface area (Å²) in [7, 11) is 0. The summed E-state index contributed by atoms with van der Waals surface area (Å²) < 4.78 is 19.4. The molecule has 2 aliphatic rings. The predicted molar refractivity (Wildman–Crippen MR) is 65.8 cm³/mol. The quantitative estimate of drug-likeness (QED) is 0.763. The summed E-state index contributed by atoms with van der Waals surface area (Å²) in [4.78, 5) is 2.16. The van der Waals surface area contributed by atoms with Gasteiger partial charge in [0.15, 0.2) is 0 Å². The lowest BCUT2D eigenvalue weighted by Crippen LogP contribution is -2.49. The minimum atomic E-state index is -0.434. The maximum Gasteiger partial charge on any atom is 0.143 e. The van der Waals surface area contributed by atoms with Gasteiger partial charge in [0.25, 0.3) is 0 Å². The average molecular weight is 246 g/mol. The molecule has 3 nitrogen and oxygen atoms in total. The predicted octanol–water partition coefficient (Wildman–Crippen LogP) is 2.46. The van der Waals surface area contributed by atoms with Crippen LogP contribution in [0, 0.1) is 17.1 Å². The minimum absolute atomic E-state index is 0.157. The van der Waals surface area contributed by atoms with E-state index < -0.39 is 5.82 Å². The van der Waals surface area contributed by atoms with Crippen LogP contribution in [-0.2, 0) is 4.74 Å². The summed E-state index contributed by atoms with van der Waals surface area (Å²) in [6.45, 7) is 1.39. The molecule has 0 N–H and O–H groups in total. The number of rotatable bonds is 1. The van der Waals surface area contributed by atoms with Gasteiger partial charge in [0.05, 0.1) is 24.4 Å². The van der Waals surface area contributed by atoms with Crippen LogP contribution in [0.4, 0.5) is 10.1 Å². The van der Waals surface area contributed by atoms with E-state index in [1.54, 1.807) is 6.07 Å². The number of halogens is 1. The van der Waals surface area contributed by atoms with Gasteiger partial charge >= 0.3 is 0 Å². The van der Waals surface area contributed by atoms with E-state index in [1.165, 1.54) is 6.07 Å². The van der Waals surface area contributed by atoms with Gasteiger partial charge in [-0.1, -0.05) is 6.07 Å². The molecule has 0 spiro atoms. The average Bonchev–Trinajstić information content (AvgIpc) is 2.86. The van der Waals surface area contributed by atoms with Crippen LogP contribution in [0.2, 0.25) is 0 Å². The number of nitriles is 1. The zero-order chi connectivity index (χ0) is 12.5. The second-order valence-corrected chi connectivity index (χ2v) is 4.85. The standard InChI is InChI=1S/C14H15FN2O/c15-11-3-1-4-12(10(11)9-16)17-7-8-18-14-6-2-5-13(14)17/h1,3-4,13-14H,2,5-8H2. The zero-order valence-corrected chi connectivity index (χ0v) is 10.1. The van der Waals surface area contributed by atoms with Crippen molar-refractivity contribution in [3.63, 3.8) is 0 Å². The maximum atomic E-state index is 13.7. The third kappa shape index (κ3) is 1.75. The summed E-state index contributed by atoms with van der Waals surface area (Å²) in [5.41, 5.74) is 0.878. The molecule has 0 bridgehead atoms. The van der Waals surface area contributed by atoms with E-state index in [0.29, 0.717) is 12.6 Å². The first-order valence-corrected chi connectivity index (χ1v) is 6.38. The number of anilines is 1. The molecule has 2 fully saturated rings. The molecule has 1 aliphatic heterocycles. The van der Waals surface area contributed by atoms with Crippen LogP contribution in [0.25, 0.3) is 0 Å². The highest BCUT2D eigenvalue weighted by molar-refractivity contribution is 5.61. The molecule has 0 amide bonds. The van der Waals surface area contributed by atoms with Crippen LogP contribution in [0.1, 0.15) is 24.8 Å². The highest BCUT2D eigenvalue weighted by atomic mass is 19.1. The van der Waals surface area contributed by atoms with Gasteiger partial charge in [-0.25, -0.2) is 4.39 Å². The molecule has 1 saturated carbocycles. The van der Waals surface area contributed by atoms with Gasteiger partial charge in [0.1, 0.15) is 17.4 Å².